The van der Waals surface area contributed by atoms with Crippen LogP contribution < -0.4 is 0 Å². The molecule has 258 valence electrons. The van der Waals surface area contributed by atoms with E-state index >= 15 is 0 Å². The van der Waals surface area contributed by atoms with Gasteiger partial charge >= 0.3 is 5.97 Å². The molecule has 44 heavy (non-hydrogen) atoms. The van der Waals surface area contributed by atoms with Crippen molar-refractivity contribution in [1.29, 1.82) is 0 Å². The van der Waals surface area contributed by atoms with Gasteiger partial charge in [-0.05, 0) is 84.8 Å². The summed E-state index contributed by atoms with van der Waals surface area (Å²) in [5, 5.41) is 0. The van der Waals surface area contributed by atoms with Crippen molar-refractivity contribution < 1.29 is 19.1 Å². The van der Waals surface area contributed by atoms with Crippen molar-refractivity contribution in [3.05, 3.63) is 0 Å². The molecule has 0 radical (unpaired) electrons. The molecule has 1 aliphatic rings. The molecule has 1 aliphatic heterocycles. The molecule has 0 N–H and O–H groups in total. The van der Waals surface area contributed by atoms with Crippen LogP contribution in [0, 0.1) is 0 Å². The normalized spacial score (nSPS) is 14.2. The first kappa shape index (κ1) is 40.6. The standard InChI is InChI=1S/C38H72N2O4/c1-4-6-7-8-16-21-29-37(42)40(34-25-33-39-31-23-24-32-39)36(27-19-14-10-9-13-18-26-35(3)41)28-20-15-11-12-17-22-30-38(43)44-5-2/h36H,4-34H2,1-3H3. The van der Waals surface area contributed by atoms with E-state index in [2.05, 4.69) is 16.7 Å². The lowest BCUT2D eigenvalue weighted by molar-refractivity contribution is -0.143. The molecular weight excluding hydrogens is 548 g/mol. The second-order valence-electron chi connectivity index (χ2n) is 13.5. The maximum absolute atomic E-state index is 13.7. The molecule has 0 aromatic carbocycles. The molecule has 0 aromatic heterocycles. The fourth-order valence-corrected chi connectivity index (χ4v) is 6.69. The van der Waals surface area contributed by atoms with E-state index in [-0.39, 0.29) is 5.97 Å². The summed E-state index contributed by atoms with van der Waals surface area (Å²) < 4.78 is 5.05. The number of unbranched alkanes of at least 4 members (excludes halogenated alkanes) is 15. The maximum Gasteiger partial charge on any atom is 0.305 e. The number of rotatable bonds is 31. The van der Waals surface area contributed by atoms with E-state index in [1.165, 1.54) is 109 Å². The van der Waals surface area contributed by atoms with Crippen LogP contribution in [0.3, 0.4) is 0 Å². The number of carbonyl (C=O) groups is 3. The van der Waals surface area contributed by atoms with Crippen LogP contribution in [-0.2, 0) is 19.1 Å². The molecule has 0 bridgehead atoms. The number of nitrogens with zero attached hydrogens (tertiary/aromatic N) is 2. The number of ketones is 1. The first-order chi connectivity index (χ1) is 21.5. The number of Topliss-reactive ketones (excluding diaryl/α,β-unsaturated/α-hetero) is 1. The minimum absolute atomic E-state index is 0.0677. The van der Waals surface area contributed by atoms with Crippen LogP contribution in [0.25, 0.3) is 0 Å². The summed E-state index contributed by atoms with van der Waals surface area (Å²) >= 11 is 0. The third-order valence-corrected chi connectivity index (χ3v) is 9.37. The van der Waals surface area contributed by atoms with Crippen molar-refractivity contribution in [2.45, 2.75) is 194 Å². The van der Waals surface area contributed by atoms with E-state index in [9.17, 15) is 14.4 Å². The van der Waals surface area contributed by atoms with Gasteiger partial charge in [-0.3, -0.25) is 9.59 Å². The van der Waals surface area contributed by atoms with Crippen LogP contribution in [0.5, 0.6) is 0 Å². The molecule has 1 heterocycles. The summed E-state index contributed by atoms with van der Waals surface area (Å²) in [6.45, 7) is 10.8. The smallest absolute Gasteiger partial charge is 0.305 e. The predicted octanol–water partition coefficient (Wildman–Crippen LogP) is 9.81. The predicted molar refractivity (Wildman–Crippen MR) is 185 cm³/mol. The Balaban J connectivity index is 2.62. The number of amides is 1. The monoisotopic (exact) mass is 621 g/mol. The van der Waals surface area contributed by atoms with Crippen LogP contribution in [0.1, 0.15) is 188 Å². The summed E-state index contributed by atoms with van der Waals surface area (Å²) in [6, 6.07) is 0.364. The Morgan fingerprint density at radius 1 is 0.636 bits per heavy atom. The average molecular weight is 621 g/mol. The largest absolute Gasteiger partial charge is 0.466 e. The SMILES string of the molecule is CCCCCCCCC(=O)N(CCCN1CCCC1)C(CCCCCCCCC(C)=O)CCCCCCCCC(=O)OCC. The van der Waals surface area contributed by atoms with Gasteiger partial charge in [-0.1, -0.05) is 103 Å². The minimum atomic E-state index is -0.0677. The zero-order chi connectivity index (χ0) is 32.1. The van der Waals surface area contributed by atoms with Crippen LogP contribution in [0.2, 0.25) is 0 Å². The zero-order valence-corrected chi connectivity index (χ0v) is 29.5. The third-order valence-electron chi connectivity index (χ3n) is 9.37. The zero-order valence-electron chi connectivity index (χ0n) is 29.5. The number of esters is 1. The Labute approximate surface area is 272 Å². The van der Waals surface area contributed by atoms with Gasteiger partial charge in [0.2, 0.25) is 5.91 Å². The quantitative estimate of drug-likeness (QED) is 0.0570. The first-order valence-corrected chi connectivity index (χ1v) is 19.1. The van der Waals surface area contributed by atoms with Gasteiger partial charge in [0.25, 0.3) is 0 Å². The summed E-state index contributed by atoms with van der Waals surface area (Å²) in [6.07, 6.45) is 29.1. The molecule has 1 saturated heterocycles. The van der Waals surface area contributed by atoms with Gasteiger partial charge in [0.15, 0.2) is 0 Å². The van der Waals surface area contributed by atoms with Crippen molar-refractivity contribution in [1.82, 2.24) is 9.80 Å². The number of hydrogen-bond acceptors (Lipinski definition) is 5. The van der Waals surface area contributed by atoms with E-state index in [1.807, 2.05) is 6.92 Å². The van der Waals surface area contributed by atoms with Crippen molar-refractivity contribution in [2.24, 2.45) is 0 Å². The highest BCUT2D eigenvalue weighted by molar-refractivity contribution is 5.76. The molecule has 0 aliphatic carbocycles. The van der Waals surface area contributed by atoms with Gasteiger partial charge in [0, 0.05) is 31.8 Å². The molecule has 1 rings (SSSR count). The molecule has 1 unspecified atom stereocenters. The van der Waals surface area contributed by atoms with E-state index in [0.717, 1.165) is 70.9 Å². The molecule has 1 fully saturated rings. The molecule has 1 amide bonds. The molecule has 0 saturated carbocycles. The second-order valence-corrected chi connectivity index (χ2v) is 13.5. The van der Waals surface area contributed by atoms with E-state index in [4.69, 9.17) is 4.74 Å². The number of hydrogen-bond donors (Lipinski definition) is 0. The van der Waals surface area contributed by atoms with Gasteiger partial charge in [-0.25, -0.2) is 0 Å². The van der Waals surface area contributed by atoms with Crippen molar-refractivity contribution >= 4 is 17.7 Å². The lowest BCUT2D eigenvalue weighted by Gasteiger charge is -2.33. The van der Waals surface area contributed by atoms with Gasteiger partial charge in [0.1, 0.15) is 5.78 Å². The van der Waals surface area contributed by atoms with Gasteiger partial charge in [-0.2, -0.15) is 0 Å². The van der Waals surface area contributed by atoms with Crippen LogP contribution >= 0.6 is 0 Å². The van der Waals surface area contributed by atoms with Crippen LogP contribution in [0.4, 0.5) is 0 Å². The molecule has 6 nitrogen and oxygen atoms in total. The lowest BCUT2D eigenvalue weighted by atomic mass is 9.97. The Morgan fingerprint density at radius 2 is 1.14 bits per heavy atom. The van der Waals surface area contributed by atoms with Gasteiger partial charge in [0.05, 0.1) is 6.61 Å². The van der Waals surface area contributed by atoms with E-state index < -0.39 is 0 Å². The van der Waals surface area contributed by atoms with Gasteiger partial charge in [-0.15, -0.1) is 0 Å². The Morgan fingerprint density at radius 3 is 1.68 bits per heavy atom. The van der Waals surface area contributed by atoms with E-state index in [0.29, 0.717) is 37.2 Å². The summed E-state index contributed by atoms with van der Waals surface area (Å²) in [5.74, 6) is 0.636. The molecule has 0 aromatic rings. The molecule has 1 atom stereocenters. The third kappa shape index (κ3) is 23.0. The Hall–Kier alpha value is -1.43. The number of likely N-dealkylation sites (tertiary alicyclic amines) is 1. The Kier molecular flexibility index (Phi) is 26.8. The fraction of sp³-hybridized carbons (Fsp3) is 0.921. The van der Waals surface area contributed by atoms with Crippen molar-refractivity contribution in [3.8, 4) is 0 Å². The second kappa shape index (κ2) is 29.0. The Bertz CT molecular complexity index is 707. The highest BCUT2D eigenvalue weighted by Crippen LogP contribution is 2.22. The lowest BCUT2D eigenvalue weighted by Crippen LogP contribution is -2.42. The summed E-state index contributed by atoms with van der Waals surface area (Å²) in [5.41, 5.74) is 0. The highest BCUT2D eigenvalue weighted by atomic mass is 16.5. The molecular formula is C38H72N2O4. The van der Waals surface area contributed by atoms with Crippen LogP contribution in [-0.4, -0.2) is 66.3 Å². The first-order valence-electron chi connectivity index (χ1n) is 19.1. The molecule has 6 heteroatoms. The average Bonchev–Trinajstić information content (AvgIpc) is 3.52. The molecule has 0 spiro atoms. The minimum Gasteiger partial charge on any atom is -0.466 e. The topological polar surface area (TPSA) is 66.9 Å². The van der Waals surface area contributed by atoms with Crippen molar-refractivity contribution in [2.75, 3.05) is 32.8 Å². The van der Waals surface area contributed by atoms with Crippen molar-refractivity contribution in [3.63, 3.8) is 0 Å². The summed E-state index contributed by atoms with van der Waals surface area (Å²) in [7, 11) is 0. The highest BCUT2D eigenvalue weighted by Gasteiger charge is 2.23. The summed E-state index contributed by atoms with van der Waals surface area (Å²) in [4.78, 5) is 41.4. The number of ether oxygens (including phenoxy) is 1. The van der Waals surface area contributed by atoms with E-state index in [1.54, 1.807) is 6.92 Å². The maximum atomic E-state index is 13.7. The van der Waals surface area contributed by atoms with Gasteiger partial charge < -0.3 is 19.3 Å². The van der Waals surface area contributed by atoms with Crippen LogP contribution in [0.15, 0.2) is 0 Å². The fourth-order valence-electron chi connectivity index (χ4n) is 6.69. The number of carbonyl (C=O) groups excluding carboxylic acids is 3.